The van der Waals surface area contributed by atoms with Gasteiger partial charge in [0.15, 0.2) is 0 Å². The summed E-state index contributed by atoms with van der Waals surface area (Å²) in [6, 6.07) is 5.74. The van der Waals surface area contributed by atoms with Crippen LogP contribution in [0.15, 0.2) is 18.2 Å². The van der Waals surface area contributed by atoms with Crippen molar-refractivity contribution in [3.8, 4) is 5.75 Å². The number of piperidine rings is 1. The molecule has 0 saturated carbocycles. The molecule has 1 amide bonds. The van der Waals surface area contributed by atoms with E-state index < -0.39 is 11.7 Å². The zero-order chi connectivity index (χ0) is 16.9. The second kappa shape index (κ2) is 7.68. The summed E-state index contributed by atoms with van der Waals surface area (Å²) in [5.41, 5.74) is 1.37. The number of anilines is 1. The predicted octanol–water partition coefficient (Wildman–Crippen LogP) is 3.58. The van der Waals surface area contributed by atoms with Gasteiger partial charge in [0.05, 0.1) is 7.11 Å². The minimum Gasteiger partial charge on any atom is -0.496 e. The SMILES string of the molecule is COc1ccc(NC(=O)OC(C)(C)C)cc1CC1CCNCC1. The van der Waals surface area contributed by atoms with E-state index in [1.807, 2.05) is 39.0 Å². The van der Waals surface area contributed by atoms with Crippen molar-refractivity contribution in [2.24, 2.45) is 5.92 Å². The molecule has 0 aromatic heterocycles. The highest BCUT2D eigenvalue weighted by molar-refractivity contribution is 5.85. The zero-order valence-electron chi connectivity index (χ0n) is 14.6. The van der Waals surface area contributed by atoms with Gasteiger partial charge in [-0.2, -0.15) is 0 Å². The number of carbonyl (C=O) groups is 1. The van der Waals surface area contributed by atoms with E-state index in [-0.39, 0.29) is 0 Å². The maximum Gasteiger partial charge on any atom is 0.412 e. The molecule has 23 heavy (non-hydrogen) atoms. The lowest BCUT2D eigenvalue weighted by molar-refractivity contribution is 0.0636. The van der Waals surface area contributed by atoms with Crippen LogP contribution in [0.1, 0.15) is 39.2 Å². The number of methoxy groups -OCH3 is 1. The Morgan fingerprint density at radius 1 is 1.30 bits per heavy atom. The monoisotopic (exact) mass is 320 g/mol. The van der Waals surface area contributed by atoms with Crippen molar-refractivity contribution >= 4 is 11.8 Å². The molecule has 1 aromatic rings. The first kappa shape index (κ1) is 17.6. The Labute approximate surface area is 138 Å². The van der Waals surface area contributed by atoms with Crippen molar-refractivity contribution in [2.75, 3.05) is 25.5 Å². The zero-order valence-corrected chi connectivity index (χ0v) is 14.6. The van der Waals surface area contributed by atoms with Crippen LogP contribution < -0.4 is 15.4 Å². The highest BCUT2D eigenvalue weighted by atomic mass is 16.6. The van der Waals surface area contributed by atoms with E-state index in [4.69, 9.17) is 9.47 Å². The fourth-order valence-corrected chi connectivity index (χ4v) is 2.83. The second-order valence-corrected chi connectivity index (χ2v) is 7.05. The summed E-state index contributed by atoms with van der Waals surface area (Å²) in [4.78, 5) is 11.9. The number of nitrogens with one attached hydrogen (secondary N) is 2. The lowest BCUT2D eigenvalue weighted by Crippen LogP contribution is -2.29. The van der Waals surface area contributed by atoms with Gasteiger partial charge in [0.2, 0.25) is 0 Å². The van der Waals surface area contributed by atoms with Gasteiger partial charge < -0.3 is 14.8 Å². The normalized spacial score (nSPS) is 16.0. The lowest BCUT2D eigenvalue weighted by Gasteiger charge is -2.24. The van der Waals surface area contributed by atoms with Crippen LogP contribution in [0, 0.1) is 5.92 Å². The van der Waals surface area contributed by atoms with Crippen LogP contribution in [0.25, 0.3) is 0 Å². The van der Waals surface area contributed by atoms with Crippen LogP contribution in [0.2, 0.25) is 0 Å². The molecule has 1 aliphatic rings. The number of carbonyl (C=O) groups excluding carboxylic acids is 1. The third-order valence-electron chi connectivity index (χ3n) is 3.89. The molecule has 0 aliphatic carbocycles. The molecule has 0 unspecified atom stereocenters. The maximum absolute atomic E-state index is 11.9. The molecule has 1 aromatic carbocycles. The minimum absolute atomic E-state index is 0.435. The number of ether oxygens (including phenoxy) is 2. The highest BCUT2D eigenvalue weighted by Crippen LogP contribution is 2.28. The van der Waals surface area contributed by atoms with Gasteiger partial charge in [-0.25, -0.2) is 4.79 Å². The molecule has 0 radical (unpaired) electrons. The summed E-state index contributed by atoms with van der Waals surface area (Å²) >= 11 is 0. The summed E-state index contributed by atoms with van der Waals surface area (Å²) < 4.78 is 10.8. The molecule has 128 valence electrons. The summed E-state index contributed by atoms with van der Waals surface area (Å²) in [6.45, 7) is 7.70. The van der Waals surface area contributed by atoms with Crippen LogP contribution in [-0.4, -0.2) is 31.9 Å². The van der Waals surface area contributed by atoms with E-state index >= 15 is 0 Å². The number of amides is 1. The predicted molar refractivity (Wildman–Crippen MR) is 92.1 cm³/mol. The molecule has 0 bridgehead atoms. The summed E-state index contributed by atoms with van der Waals surface area (Å²) in [7, 11) is 1.68. The average molecular weight is 320 g/mol. The quantitative estimate of drug-likeness (QED) is 0.890. The standard InChI is InChI=1S/C18H28N2O3/c1-18(2,3)23-17(21)20-15-5-6-16(22-4)14(12-15)11-13-7-9-19-10-8-13/h5-6,12-13,19H,7-11H2,1-4H3,(H,20,21). The van der Waals surface area contributed by atoms with Crippen molar-refractivity contribution in [3.05, 3.63) is 23.8 Å². The number of benzene rings is 1. The van der Waals surface area contributed by atoms with Gasteiger partial charge in [0.1, 0.15) is 11.4 Å². The molecule has 0 atom stereocenters. The number of rotatable bonds is 4. The molecule has 1 aliphatic heterocycles. The topological polar surface area (TPSA) is 59.6 Å². The summed E-state index contributed by atoms with van der Waals surface area (Å²) in [5, 5.41) is 6.18. The van der Waals surface area contributed by atoms with Crippen molar-refractivity contribution in [1.82, 2.24) is 5.32 Å². The second-order valence-electron chi connectivity index (χ2n) is 7.05. The molecular formula is C18H28N2O3. The van der Waals surface area contributed by atoms with E-state index in [0.717, 1.165) is 36.5 Å². The van der Waals surface area contributed by atoms with Crippen LogP contribution in [-0.2, 0) is 11.2 Å². The van der Waals surface area contributed by atoms with Gasteiger partial charge in [-0.1, -0.05) is 0 Å². The number of hydrogen-bond acceptors (Lipinski definition) is 4. The smallest absolute Gasteiger partial charge is 0.412 e. The molecule has 0 spiro atoms. The van der Waals surface area contributed by atoms with Gasteiger partial charge in [-0.05, 0) is 82.8 Å². The summed E-state index contributed by atoms with van der Waals surface area (Å²) in [5.74, 6) is 1.53. The van der Waals surface area contributed by atoms with Crippen LogP contribution in [0.5, 0.6) is 5.75 Å². The van der Waals surface area contributed by atoms with Gasteiger partial charge in [-0.15, -0.1) is 0 Å². The molecule has 2 rings (SSSR count). The van der Waals surface area contributed by atoms with Crippen molar-refractivity contribution < 1.29 is 14.3 Å². The Hall–Kier alpha value is -1.75. The fraction of sp³-hybridized carbons (Fsp3) is 0.611. The average Bonchev–Trinajstić information content (AvgIpc) is 2.46. The van der Waals surface area contributed by atoms with E-state index in [1.54, 1.807) is 7.11 Å². The van der Waals surface area contributed by atoms with Crippen LogP contribution in [0.3, 0.4) is 0 Å². The highest BCUT2D eigenvalue weighted by Gasteiger charge is 2.18. The van der Waals surface area contributed by atoms with Gasteiger partial charge in [-0.3, -0.25) is 5.32 Å². The van der Waals surface area contributed by atoms with E-state index in [1.165, 1.54) is 12.8 Å². The molecular weight excluding hydrogens is 292 g/mol. The van der Waals surface area contributed by atoms with Gasteiger partial charge in [0.25, 0.3) is 0 Å². The molecule has 1 saturated heterocycles. The van der Waals surface area contributed by atoms with E-state index in [2.05, 4.69) is 10.6 Å². The van der Waals surface area contributed by atoms with Crippen molar-refractivity contribution in [1.29, 1.82) is 0 Å². The Morgan fingerprint density at radius 3 is 2.61 bits per heavy atom. The van der Waals surface area contributed by atoms with Crippen LogP contribution in [0.4, 0.5) is 10.5 Å². The van der Waals surface area contributed by atoms with Gasteiger partial charge >= 0.3 is 6.09 Å². The number of hydrogen-bond donors (Lipinski definition) is 2. The van der Waals surface area contributed by atoms with Crippen LogP contribution >= 0.6 is 0 Å². The van der Waals surface area contributed by atoms with Gasteiger partial charge in [0, 0.05) is 5.69 Å². The molecule has 5 heteroatoms. The van der Waals surface area contributed by atoms with Crippen molar-refractivity contribution in [2.45, 2.75) is 45.6 Å². The molecule has 1 fully saturated rings. The Bertz CT molecular complexity index is 532. The first-order valence-corrected chi connectivity index (χ1v) is 8.25. The third kappa shape index (κ3) is 5.75. The van der Waals surface area contributed by atoms with E-state index in [9.17, 15) is 4.79 Å². The lowest BCUT2D eigenvalue weighted by atomic mass is 9.90. The molecule has 1 heterocycles. The Balaban J connectivity index is 2.06. The van der Waals surface area contributed by atoms with E-state index in [0.29, 0.717) is 5.92 Å². The molecule has 5 nitrogen and oxygen atoms in total. The third-order valence-corrected chi connectivity index (χ3v) is 3.89. The maximum atomic E-state index is 11.9. The first-order valence-electron chi connectivity index (χ1n) is 8.25. The Morgan fingerprint density at radius 2 is 2.00 bits per heavy atom. The Kier molecular flexibility index (Phi) is 5.88. The molecule has 2 N–H and O–H groups in total. The minimum atomic E-state index is -0.505. The largest absolute Gasteiger partial charge is 0.496 e. The first-order chi connectivity index (χ1) is 10.9. The van der Waals surface area contributed by atoms with Crippen molar-refractivity contribution in [3.63, 3.8) is 0 Å². The fourth-order valence-electron chi connectivity index (χ4n) is 2.83. The summed E-state index contributed by atoms with van der Waals surface area (Å²) in [6.07, 6.45) is 2.88.